The molecule has 0 bridgehead atoms. The van der Waals surface area contributed by atoms with Crippen LogP contribution < -0.4 is 10.6 Å². The summed E-state index contributed by atoms with van der Waals surface area (Å²) in [7, 11) is 5.58. The molecular formula is C31H39Cl3N6O5. The molecule has 3 heterocycles. The maximum absolute atomic E-state index is 13.7. The van der Waals surface area contributed by atoms with Crippen LogP contribution in [-0.2, 0) is 9.59 Å². The zero-order valence-electron chi connectivity index (χ0n) is 25.5. The number of nitrogens with zero attached hydrogens (tertiary/aromatic N) is 4. The van der Waals surface area contributed by atoms with Gasteiger partial charge >= 0.3 is 0 Å². The van der Waals surface area contributed by atoms with Crippen molar-refractivity contribution >= 4 is 82.5 Å². The first-order valence-corrected chi connectivity index (χ1v) is 15.0. The van der Waals surface area contributed by atoms with E-state index in [1.165, 1.54) is 6.20 Å². The summed E-state index contributed by atoms with van der Waals surface area (Å²) in [4.78, 5) is 62.7. The summed E-state index contributed by atoms with van der Waals surface area (Å²) in [5, 5.41) is 6.44. The first-order valence-electron chi connectivity index (χ1n) is 14.6. The molecule has 1 aliphatic heterocycles. The first-order chi connectivity index (χ1) is 20.6. The number of likely N-dealkylation sites (tertiary alicyclic amines) is 1. The van der Waals surface area contributed by atoms with Crippen molar-refractivity contribution in [2.75, 3.05) is 51.4 Å². The van der Waals surface area contributed by atoms with E-state index in [-0.39, 0.29) is 71.8 Å². The maximum atomic E-state index is 13.7. The Morgan fingerprint density at radius 3 is 2.38 bits per heavy atom. The van der Waals surface area contributed by atoms with E-state index in [9.17, 15) is 19.2 Å². The monoisotopic (exact) mass is 680 g/mol. The summed E-state index contributed by atoms with van der Waals surface area (Å²) >= 11 is 5.94. The highest BCUT2D eigenvalue weighted by Crippen LogP contribution is 2.37. The third kappa shape index (κ3) is 8.26. The van der Waals surface area contributed by atoms with E-state index in [0.29, 0.717) is 53.9 Å². The fourth-order valence-electron chi connectivity index (χ4n) is 5.82. The van der Waals surface area contributed by atoms with Crippen LogP contribution in [0.4, 0.5) is 11.5 Å². The Morgan fingerprint density at radius 2 is 1.76 bits per heavy atom. The molecule has 2 fully saturated rings. The van der Waals surface area contributed by atoms with Crippen LogP contribution in [0.3, 0.4) is 0 Å². The van der Waals surface area contributed by atoms with Crippen molar-refractivity contribution in [1.82, 2.24) is 19.7 Å². The van der Waals surface area contributed by atoms with Gasteiger partial charge in [0.25, 0.3) is 11.8 Å². The summed E-state index contributed by atoms with van der Waals surface area (Å²) in [5.74, 6) is -1.14. The second-order valence-corrected chi connectivity index (χ2v) is 12.0. The molecule has 0 spiro atoms. The standard InChI is InChI=1S/C31H37ClN6O5.2ClH/c1-36(2)16-17-37(3)31(42)22-6-4-7-23-26(22)27(28(43-23)30(41)34-24-14-11-20(32)18-33-24)35-29(40)19-9-12-21(13-10-19)38-15-5-8-25(38)39;;/h4,6-7,11,14,18-19,21H,5,8-10,12-13,15-17H2,1-3H3,(H,35,40)(H,33,34,41);2*1H/t19-,21-;;. The van der Waals surface area contributed by atoms with Gasteiger partial charge in [-0.15, -0.1) is 24.8 Å². The van der Waals surface area contributed by atoms with Crippen molar-refractivity contribution in [3.63, 3.8) is 0 Å². The lowest BCUT2D eigenvalue weighted by Gasteiger charge is -2.34. The molecule has 1 saturated carbocycles. The van der Waals surface area contributed by atoms with E-state index < -0.39 is 5.91 Å². The smallest absolute Gasteiger partial charge is 0.294 e. The molecule has 11 nitrogen and oxygen atoms in total. The SMILES string of the molecule is CN(C)CCN(C)C(=O)c1cccc2oc(C(=O)Nc3ccc(Cl)cn3)c(NC(=O)[C@H]3CC[C@H](N4CCCC4=O)CC3)c12.Cl.Cl. The number of rotatable bonds is 9. The number of likely N-dealkylation sites (N-methyl/N-ethyl adjacent to an activating group) is 2. The highest BCUT2D eigenvalue weighted by Gasteiger charge is 2.35. The number of aromatic nitrogens is 1. The van der Waals surface area contributed by atoms with Gasteiger partial charge < -0.3 is 29.8 Å². The number of carbonyl (C=O) groups is 4. The highest BCUT2D eigenvalue weighted by atomic mass is 35.5. The number of carbonyl (C=O) groups excluding carboxylic acids is 4. The normalized spacial score (nSPS) is 17.9. The molecule has 5 rings (SSSR count). The summed E-state index contributed by atoms with van der Waals surface area (Å²) in [6.07, 6.45) is 5.60. The van der Waals surface area contributed by atoms with Crippen molar-refractivity contribution in [1.29, 1.82) is 0 Å². The van der Waals surface area contributed by atoms with Gasteiger partial charge in [-0.25, -0.2) is 4.98 Å². The maximum Gasteiger partial charge on any atom is 0.294 e. The first kappa shape index (κ1) is 36.1. The van der Waals surface area contributed by atoms with Gasteiger partial charge in [0.1, 0.15) is 17.1 Å². The molecule has 0 atom stereocenters. The van der Waals surface area contributed by atoms with Gasteiger partial charge in [-0.3, -0.25) is 19.2 Å². The molecular weight excluding hydrogens is 643 g/mol. The number of anilines is 2. The molecule has 4 amide bonds. The average Bonchev–Trinajstić information content (AvgIpc) is 3.60. The molecule has 1 aromatic carbocycles. The van der Waals surface area contributed by atoms with Crippen molar-refractivity contribution in [3.8, 4) is 0 Å². The van der Waals surface area contributed by atoms with Crippen LogP contribution >= 0.6 is 36.4 Å². The van der Waals surface area contributed by atoms with Crippen LogP contribution in [0.1, 0.15) is 59.4 Å². The lowest BCUT2D eigenvalue weighted by atomic mass is 9.84. The molecule has 45 heavy (non-hydrogen) atoms. The molecule has 2 aromatic heterocycles. The average molecular weight is 682 g/mol. The van der Waals surface area contributed by atoms with Gasteiger partial charge in [-0.05, 0) is 70.5 Å². The van der Waals surface area contributed by atoms with Gasteiger partial charge in [0.15, 0.2) is 0 Å². The quantitative estimate of drug-likeness (QED) is 0.313. The second kappa shape index (κ2) is 15.8. The molecule has 1 aliphatic carbocycles. The lowest BCUT2D eigenvalue weighted by Crippen LogP contribution is -2.40. The number of nitrogens with one attached hydrogen (secondary N) is 2. The third-order valence-electron chi connectivity index (χ3n) is 8.22. The van der Waals surface area contributed by atoms with E-state index in [2.05, 4.69) is 15.6 Å². The Morgan fingerprint density at radius 1 is 1.02 bits per heavy atom. The van der Waals surface area contributed by atoms with Crippen molar-refractivity contribution in [2.24, 2.45) is 5.92 Å². The largest absolute Gasteiger partial charge is 0.449 e. The minimum Gasteiger partial charge on any atom is -0.449 e. The van der Waals surface area contributed by atoms with Crippen LogP contribution in [0.15, 0.2) is 40.9 Å². The number of furan rings is 1. The number of amides is 4. The van der Waals surface area contributed by atoms with Crippen LogP contribution in [-0.4, -0.2) is 90.1 Å². The number of hydrogen-bond donors (Lipinski definition) is 2. The molecule has 14 heteroatoms. The Hall–Kier alpha value is -3.38. The van der Waals surface area contributed by atoms with Crippen LogP contribution in [0, 0.1) is 5.92 Å². The Kier molecular flexibility index (Phi) is 12.6. The summed E-state index contributed by atoms with van der Waals surface area (Å²) < 4.78 is 6.01. The Balaban J connectivity index is 0.00000276. The lowest BCUT2D eigenvalue weighted by molar-refractivity contribution is -0.130. The minimum atomic E-state index is -0.628. The summed E-state index contributed by atoms with van der Waals surface area (Å²) in [6.45, 7) is 1.93. The zero-order chi connectivity index (χ0) is 30.7. The van der Waals surface area contributed by atoms with Gasteiger partial charge in [-0.1, -0.05) is 17.7 Å². The zero-order valence-corrected chi connectivity index (χ0v) is 27.9. The highest BCUT2D eigenvalue weighted by molar-refractivity contribution is 6.30. The number of hydrogen-bond acceptors (Lipinski definition) is 7. The van der Waals surface area contributed by atoms with Crippen LogP contribution in [0.2, 0.25) is 5.02 Å². The fraction of sp³-hybridized carbons (Fsp3) is 0.452. The topological polar surface area (TPSA) is 128 Å². The van der Waals surface area contributed by atoms with E-state index in [0.717, 1.165) is 25.8 Å². The molecule has 3 aromatic rings. The van der Waals surface area contributed by atoms with E-state index in [1.807, 2.05) is 23.9 Å². The third-order valence-corrected chi connectivity index (χ3v) is 8.44. The van der Waals surface area contributed by atoms with E-state index in [4.69, 9.17) is 16.0 Å². The van der Waals surface area contributed by atoms with Gasteiger partial charge in [0, 0.05) is 51.3 Å². The molecule has 1 saturated heterocycles. The Labute approximate surface area is 279 Å². The predicted octanol–water partition coefficient (Wildman–Crippen LogP) is 5.33. The van der Waals surface area contributed by atoms with Gasteiger partial charge in [0.2, 0.25) is 17.6 Å². The fourth-order valence-corrected chi connectivity index (χ4v) is 5.93. The molecule has 0 radical (unpaired) electrons. The van der Waals surface area contributed by atoms with Gasteiger partial charge in [-0.2, -0.15) is 0 Å². The van der Waals surface area contributed by atoms with Crippen molar-refractivity contribution in [3.05, 3.63) is 52.9 Å². The summed E-state index contributed by atoms with van der Waals surface area (Å²) in [6, 6.07) is 8.33. The molecule has 2 aliphatic rings. The van der Waals surface area contributed by atoms with Crippen LogP contribution in [0.25, 0.3) is 11.0 Å². The van der Waals surface area contributed by atoms with Crippen LogP contribution in [0.5, 0.6) is 0 Å². The predicted molar refractivity (Wildman–Crippen MR) is 179 cm³/mol. The number of halogens is 3. The molecule has 0 unspecified atom stereocenters. The van der Waals surface area contributed by atoms with Crippen molar-refractivity contribution < 1.29 is 23.6 Å². The van der Waals surface area contributed by atoms with E-state index >= 15 is 0 Å². The number of benzene rings is 1. The number of fused-ring (bicyclic) bond motifs is 1. The van der Waals surface area contributed by atoms with E-state index in [1.54, 1.807) is 42.3 Å². The summed E-state index contributed by atoms with van der Waals surface area (Å²) in [5.41, 5.74) is 0.763. The Bertz CT molecular complexity index is 1520. The molecule has 2 N–H and O–H groups in total. The van der Waals surface area contributed by atoms with Crippen molar-refractivity contribution in [2.45, 2.75) is 44.6 Å². The minimum absolute atomic E-state index is 0. The second-order valence-electron chi connectivity index (χ2n) is 11.5. The number of pyridine rings is 1. The van der Waals surface area contributed by atoms with Gasteiger partial charge in [0.05, 0.1) is 16.0 Å². The molecule has 244 valence electrons.